The van der Waals surface area contributed by atoms with Gasteiger partial charge in [0.1, 0.15) is 17.3 Å². The molecule has 0 saturated carbocycles. The first kappa shape index (κ1) is 21.2. The zero-order valence-corrected chi connectivity index (χ0v) is 17.9. The van der Waals surface area contributed by atoms with Gasteiger partial charge in [-0.25, -0.2) is 4.39 Å². The minimum atomic E-state index is -0.259. The highest BCUT2D eigenvalue weighted by Gasteiger charge is 2.35. The van der Waals surface area contributed by atoms with Crippen LogP contribution in [0.2, 0.25) is 0 Å². The number of likely N-dealkylation sites (tertiary alicyclic amines) is 1. The molecule has 0 N–H and O–H groups in total. The summed E-state index contributed by atoms with van der Waals surface area (Å²) in [6.45, 7) is 3.48. The Morgan fingerprint density at radius 3 is 2.65 bits per heavy atom. The van der Waals surface area contributed by atoms with Crippen molar-refractivity contribution >= 4 is 17.5 Å². The molecule has 2 aromatic rings. The summed E-state index contributed by atoms with van der Waals surface area (Å²) in [6, 6.07) is 10.1. The lowest BCUT2D eigenvalue weighted by molar-refractivity contribution is -0.119. The van der Waals surface area contributed by atoms with Crippen molar-refractivity contribution in [2.75, 3.05) is 31.7 Å². The number of hydrogen-bond donors (Lipinski definition) is 0. The van der Waals surface area contributed by atoms with Crippen molar-refractivity contribution in [1.82, 2.24) is 4.90 Å². The highest BCUT2D eigenvalue weighted by atomic mass is 19.1. The predicted molar refractivity (Wildman–Crippen MR) is 115 cm³/mol. The first-order chi connectivity index (χ1) is 15.0. The summed E-state index contributed by atoms with van der Waals surface area (Å²) in [5.41, 5.74) is 1.78. The molecule has 0 radical (unpaired) electrons. The number of piperidine rings is 1. The minimum absolute atomic E-state index is 0.0241. The molecule has 2 aromatic carbocycles. The maximum Gasteiger partial charge on any atom is 0.257 e. The molecule has 1 fully saturated rings. The molecule has 7 heteroatoms. The van der Waals surface area contributed by atoms with Crippen LogP contribution < -0.4 is 14.4 Å². The highest BCUT2D eigenvalue weighted by molar-refractivity contribution is 5.98. The predicted octanol–water partition coefficient (Wildman–Crippen LogP) is 3.82. The third kappa shape index (κ3) is 4.09. The Morgan fingerprint density at radius 2 is 1.94 bits per heavy atom. The molecule has 0 atom stereocenters. The molecule has 6 nitrogen and oxygen atoms in total. The summed E-state index contributed by atoms with van der Waals surface area (Å²) in [5.74, 6) is 0.800. The van der Waals surface area contributed by atoms with Crippen LogP contribution in [0.5, 0.6) is 11.5 Å². The molecule has 164 valence electrons. The molecule has 0 aromatic heterocycles. The van der Waals surface area contributed by atoms with Crippen LogP contribution >= 0.6 is 0 Å². The number of hydrogen-bond acceptors (Lipinski definition) is 4. The van der Waals surface area contributed by atoms with Crippen molar-refractivity contribution in [3.8, 4) is 11.5 Å². The molecule has 0 aliphatic carbocycles. The zero-order chi connectivity index (χ0) is 22.0. The Hall–Kier alpha value is -3.09. The second kappa shape index (κ2) is 8.96. The molecule has 4 rings (SSSR count). The van der Waals surface area contributed by atoms with Gasteiger partial charge in [-0.3, -0.25) is 9.59 Å². The average molecular weight is 426 g/mol. The molecule has 0 bridgehead atoms. The fourth-order valence-electron chi connectivity index (χ4n) is 4.51. The number of fused-ring (bicyclic) bond motifs is 1. The van der Waals surface area contributed by atoms with Crippen molar-refractivity contribution in [3.63, 3.8) is 0 Å². The lowest BCUT2D eigenvalue weighted by Crippen LogP contribution is -2.50. The van der Waals surface area contributed by atoms with Crippen molar-refractivity contribution in [2.45, 2.75) is 38.6 Å². The van der Waals surface area contributed by atoms with Crippen LogP contribution in [0.25, 0.3) is 0 Å². The first-order valence-corrected chi connectivity index (χ1v) is 10.7. The van der Waals surface area contributed by atoms with E-state index in [0.717, 1.165) is 0 Å². The normalized spacial score (nSPS) is 16.8. The van der Waals surface area contributed by atoms with Crippen molar-refractivity contribution in [1.29, 1.82) is 0 Å². The summed E-state index contributed by atoms with van der Waals surface area (Å²) in [5, 5.41) is 0. The lowest BCUT2D eigenvalue weighted by atomic mass is 9.94. The summed E-state index contributed by atoms with van der Waals surface area (Å²) >= 11 is 0. The van der Waals surface area contributed by atoms with Crippen LogP contribution in [-0.2, 0) is 11.2 Å². The van der Waals surface area contributed by atoms with E-state index in [1.165, 1.54) is 13.2 Å². The lowest BCUT2D eigenvalue weighted by Gasteiger charge is -2.41. The summed E-state index contributed by atoms with van der Waals surface area (Å²) < 4.78 is 25.1. The fraction of sp³-hybridized carbons (Fsp3) is 0.417. The molecule has 1 saturated heterocycles. The van der Waals surface area contributed by atoms with Gasteiger partial charge in [-0.2, -0.15) is 0 Å². The van der Waals surface area contributed by atoms with E-state index < -0.39 is 0 Å². The molecular formula is C24H27FN2O4. The molecule has 0 spiro atoms. The van der Waals surface area contributed by atoms with E-state index >= 15 is 0 Å². The topological polar surface area (TPSA) is 59.1 Å². The smallest absolute Gasteiger partial charge is 0.257 e. The summed E-state index contributed by atoms with van der Waals surface area (Å²) in [4.78, 5) is 29.3. The number of halogens is 1. The van der Waals surface area contributed by atoms with Gasteiger partial charge in [-0.05, 0) is 50.5 Å². The molecule has 0 unspecified atom stereocenters. The second-order valence-electron chi connectivity index (χ2n) is 7.82. The van der Waals surface area contributed by atoms with Crippen LogP contribution in [0.15, 0.2) is 36.4 Å². The van der Waals surface area contributed by atoms with E-state index in [1.54, 1.807) is 34.1 Å². The number of amides is 2. The van der Waals surface area contributed by atoms with Gasteiger partial charge in [0.15, 0.2) is 0 Å². The van der Waals surface area contributed by atoms with Crippen LogP contribution in [0.3, 0.4) is 0 Å². The summed E-state index contributed by atoms with van der Waals surface area (Å²) in [7, 11) is 1.53. The number of carbonyl (C=O) groups excluding carboxylic acids is 2. The number of anilines is 1. The third-order valence-electron chi connectivity index (χ3n) is 6.04. The minimum Gasteiger partial charge on any atom is -0.496 e. The number of benzene rings is 2. The fourth-order valence-corrected chi connectivity index (χ4v) is 4.51. The Bertz CT molecular complexity index is 986. The molecule has 2 aliphatic heterocycles. The first-order valence-electron chi connectivity index (χ1n) is 10.7. The Balaban J connectivity index is 1.48. The van der Waals surface area contributed by atoms with E-state index in [4.69, 9.17) is 9.47 Å². The molecule has 31 heavy (non-hydrogen) atoms. The number of methoxy groups -OCH3 is 1. The summed E-state index contributed by atoms with van der Waals surface area (Å²) in [6.07, 6.45) is 2.04. The van der Waals surface area contributed by atoms with Gasteiger partial charge in [0.05, 0.1) is 25.0 Å². The average Bonchev–Trinajstić information content (AvgIpc) is 2.79. The van der Waals surface area contributed by atoms with E-state index in [9.17, 15) is 14.0 Å². The quantitative estimate of drug-likeness (QED) is 0.730. The van der Waals surface area contributed by atoms with Crippen molar-refractivity contribution in [3.05, 3.63) is 53.3 Å². The van der Waals surface area contributed by atoms with Crippen molar-refractivity contribution in [2.24, 2.45) is 0 Å². The van der Waals surface area contributed by atoms with Crippen LogP contribution in [-0.4, -0.2) is 49.6 Å². The van der Waals surface area contributed by atoms with Gasteiger partial charge >= 0.3 is 0 Å². The standard InChI is InChI=1S/C24H27FN2O4/c1-3-31-17-7-8-19(22(15-17)30-2)24(29)26-13-11-16(12-14-26)27-21-6-4-5-20(25)18(21)9-10-23(27)28/h4-8,15-16H,3,9-14H2,1-2H3. The molecule has 2 amide bonds. The van der Waals surface area contributed by atoms with Crippen molar-refractivity contribution < 1.29 is 23.5 Å². The van der Waals surface area contributed by atoms with Gasteiger partial charge in [0.25, 0.3) is 5.91 Å². The molecule has 2 aliphatic rings. The maximum atomic E-state index is 14.2. The zero-order valence-electron chi connectivity index (χ0n) is 17.9. The monoisotopic (exact) mass is 426 g/mol. The van der Waals surface area contributed by atoms with Crippen LogP contribution in [0.4, 0.5) is 10.1 Å². The highest BCUT2D eigenvalue weighted by Crippen LogP contribution is 2.34. The maximum absolute atomic E-state index is 14.2. The van der Waals surface area contributed by atoms with Crippen LogP contribution in [0, 0.1) is 5.82 Å². The Labute approximate surface area is 181 Å². The molecular weight excluding hydrogens is 399 g/mol. The Morgan fingerprint density at radius 1 is 1.16 bits per heavy atom. The Kier molecular flexibility index (Phi) is 6.11. The number of rotatable bonds is 5. The van der Waals surface area contributed by atoms with Gasteiger partial charge in [0.2, 0.25) is 5.91 Å². The van der Waals surface area contributed by atoms with E-state index in [1.807, 2.05) is 13.0 Å². The van der Waals surface area contributed by atoms with Crippen LogP contribution in [0.1, 0.15) is 42.1 Å². The number of ether oxygens (including phenoxy) is 2. The largest absolute Gasteiger partial charge is 0.496 e. The van der Waals surface area contributed by atoms with E-state index in [0.29, 0.717) is 73.7 Å². The molecule has 2 heterocycles. The van der Waals surface area contributed by atoms with E-state index in [-0.39, 0.29) is 23.7 Å². The number of carbonyl (C=O) groups is 2. The number of nitrogens with zero attached hydrogens (tertiary/aromatic N) is 2. The second-order valence-corrected chi connectivity index (χ2v) is 7.82. The van der Waals surface area contributed by atoms with Gasteiger partial charge in [-0.1, -0.05) is 6.07 Å². The van der Waals surface area contributed by atoms with Gasteiger partial charge < -0.3 is 19.3 Å². The van der Waals surface area contributed by atoms with Gasteiger partial charge in [-0.15, -0.1) is 0 Å². The van der Waals surface area contributed by atoms with E-state index in [2.05, 4.69) is 0 Å². The third-order valence-corrected chi connectivity index (χ3v) is 6.04. The van der Waals surface area contributed by atoms with Gasteiger partial charge in [0, 0.05) is 37.2 Å². The SMILES string of the molecule is CCOc1ccc(C(=O)N2CCC(N3C(=O)CCc4c(F)cccc43)CC2)c(OC)c1.